The summed E-state index contributed by atoms with van der Waals surface area (Å²) in [6, 6.07) is 0.739. The van der Waals surface area contributed by atoms with E-state index >= 15 is 0 Å². The fourth-order valence-electron chi connectivity index (χ4n) is 2.27. The summed E-state index contributed by atoms with van der Waals surface area (Å²) in [5, 5.41) is 12.7. The molecule has 0 spiro atoms. The van der Waals surface area contributed by atoms with Gasteiger partial charge in [0.05, 0.1) is 6.10 Å². The molecule has 0 aromatic heterocycles. The average Bonchev–Trinajstić information content (AvgIpc) is 2.54. The van der Waals surface area contributed by atoms with Crippen molar-refractivity contribution in [2.75, 3.05) is 26.2 Å². The number of nitrogens with one attached hydrogen (secondary N) is 1. The lowest BCUT2D eigenvalue weighted by Crippen LogP contribution is -2.42. The first kappa shape index (κ1) is 11.2. The number of aliphatic hydroxyl groups excluding tert-OH is 1. The summed E-state index contributed by atoms with van der Waals surface area (Å²) in [5.41, 5.74) is 0. The predicted molar refractivity (Wildman–Crippen MR) is 55.3 cm³/mol. The molecule has 0 bridgehead atoms. The number of piperidine rings is 1. The molecule has 2 aliphatic rings. The van der Waals surface area contributed by atoms with Gasteiger partial charge in [-0.15, -0.1) is 12.4 Å². The molecule has 0 aromatic rings. The average molecular weight is 207 g/mol. The first-order valence-electron chi connectivity index (χ1n) is 4.99. The molecule has 2 rings (SSSR count). The van der Waals surface area contributed by atoms with E-state index in [4.69, 9.17) is 0 Å². The largest absolute Gasteiger partial charge is 0.392 e. The zero-order chi connectivity index (χ0) is 8.39. The molecule has 2 aliphatic heterocycles. The lowest BCUT2D eigenvalue weighted by Gasteiger charge is -2.31. The predicted octanol–water partition coefficient (Wildman–Crippen LogP) is 0.227. The zero-order valence-electron chi connectivity index (χ0n) is 7.91. The molecule has 2 fully saturated rings. The van der Waals surface area contributed by atoms with E-state index in [2.05, 4.69) is 10.2 Å². The Labute approximate surface area is 85.9 Å². The van der Waals surface area contributed by atoms with Crippen LogP contribution in [0.3, 0.4) is 0 Å². The smallest absolute Gasteiger partial charge is 0.0679 e. The van der Waals surface area contributed by atoms with Crippen molar-refractivity contribution >= 4 is 12.4 Å². The number of likely N-dealkylation sites (tertiary alicyclic amines) is 1. The van der Waals surface area contributed by atoms with Gasteiger partial charge in [0.15, 0.2) is 0 Å². The topological polar surface area (TPSA) is 35.5 Å². The van der Waals surface area contributed by atoms with Crippen molar-refractivity contribution in [3.8, 4) is 0 Å². The molecule has 0 aliphatic carbocycles. The van der Waals surface area contributed by atoms with Gasteiger partial charge < -0.3 is 10.4 Å². The van der Waals surface area contributed by atoms with E-state index in [1.807, 2.05) is 0 Å². The molecule has 2 saturated heterocycles. The second kappa shape index (κ2) is 5.15. The van der Waals surface area contributed by atoms with E-state index in [9.17, 15) is 5.11 Å². The summed E-state index contributed by atoms with van der Waals surface area (Å²) in [6.07, 6.45) is 3.43. The van der Waals surface area contributed by atoms with Crippen molar-refractivity contribution in [2.45, 2.75) is 31.4 Å². The van der Waals surface area contributed by atoms with Crippen molar-refractivity contribution in [3.63, 3.8) is 0 Å². The number of rotatable bonds is 1. The molecule has 1 atom stereocenters. The van der Waals surface area contributed by atoms with Crippen LogP contribution in [0.1, 0.15) is 19.3 Å². The zero-order valence-corrected chi connectivity index (χ0v) is 8.72. The molecule has 4 heteroatoms. The van der Waals surface area contributed by atoms with E-state index in [-0.39, 0.29) is 18.5 Å². The molecule has 3 nitrogen and oxygen atoms in total. The van der Waals surface area contributed by atoms with Gasteiger partial charge in [0.25, 0.3) is 0 Å². The Morgan fingerprint density at radius 1 is 1.15 bits per heavy atom. The number of halogens is 1. The van der Waals surface area contributed by atoms with Crippen LogP contribution >= 0.6 is 12.4 Å². The van der Waals surface area contributed by atoms with Gasteiger partial charge in [0.2, 0.25) is 0 Å². The third-order valence-corrected chi connectivity index (χ3v) is 3.02. The van der Waals surface area contributed by atoms with E-state index < -0.39 is 0 Å². The standard InChI is InChI=1S/C9H18N2O.ClH/c12-9-3-6-11(7-9)8-1-4-10-5-2-8;/h8-10,12H,1-7H2;1H/t9-;/m0./s1. The monoisotopic (exact) mass is 206 g/mol. The molecule has 0 amide bonds. The van der Waals surface area contributed by atoms with Crippen molar-refractivity contribution in [3.05, 3.63) is 0 Å². The third-order valence-electron chi connectivity index (χ3n) is 3.02. The number of nitrogens with zero attached hydrogens (tertiary/aromatic N) is 1. The minimum absolute atomic E-state index is 0. The molecule has 2 N–H and O–H groups in total. The quantitative estimate of drug-likeness (QED) is 0.645. The number of β-amino-alcohol motifs (C(OH)–C–C–N with tert-alkyl or cyclic N) is 1. The Morgan fingerprint density at radius 3 is 2.38 bits per heavy atom. The van der Waals surface area contributed by atoms with E-state index in [1.165, 1.54) is 12.8 Å². The molecule has 0 unspecified atom stereocenters. The van der Waals surface area contributed by atoms with Crippen LogP contribution < -0.4 is 5.32 Å². The number of aliphatic hydroxyl groups is 1. The van der Waals surface area contributed by atoms with Crippen LogP contribution in [0.25, 0.3) is 0 Å². The summed E-state index contributed by atoms with van der Waals surface area (Å²) in [5.74, 6) is 0. The molecule has 0 radical (unpaired) electrons. The highest BCUT2D eigenvalue weighted by Crippen LogP contribution is 2.18. The Kier molecular flexibility index (Phi) is 4.46. The first-order chi connectivity index (χ1) is 5.86. The Morgan fingerprint density at radius 2 is 1.85 bits per heavy atom. The minimum Gasteiger partial charge on any atom is -0.392 e. The lowest BCUT2D eigenvalue weighted by molar-refractivity contribution is 0.145. The molecular formula is C9H19ClN2O. The maximum Gasteiger partial charge on any atom is 0.0679 e. The molecule has 2 heterocycles. The van der Waals surface area contributed by atoms with E-state index in [0.717, 1.165) is 38.6 Å². The first-order valence-corrected chi connectivity index (χ1v) is 4.99. The van der Waals surface area contributed by atoms with Gasteiger partial charge in [-0.25, -0.2) is 0 Å². The summed E-state index contributed by atoms with van der Waals surface area (Å²) < 4.78 is 0. The highest BCUT2D eigenvalue weighted by molar-refractivity contribution is 5.85. The van der Waals surface area contributed by atoms with Crippen molar-refractivity contribution < 1.29 is 5.11 Å². The summed E-state index contributed by atoms with van der Waals surface area (Å²) in [6.45, 7) is 4.31. The normalized spacial score (nSPS) is 31.6. The maximum absolute atomic E-state index is 9.37. The van der Waals surface area contributed by atoms with E-state index in [0.29, 0.717) is 0 Å². The summed E-state index contributed by atoms with van der Waals surface area (Å²) >= 11 is 0. The Hall–Kier alpha value is 0.170. The van der Waals surface area contributed by atoms with Crippen LogP contribution in [-0.4, -0.2) is 48.3 Å². The minimum atomic E-state index is -0.0557. The second-order valence-electron chi connectivity index (χ2n) is 3.92. The molecular weight excluding hydrogens is 188 g/mol. The van der Waals surface area contributed by atoms with Gasteiger partial charge in [-0.2, -0.15) is 0 Å². The second-order valence-corrected chi connectivity index (χ2v) is 3.92. The summed E-state index contributed by atoms with van der Waals surface area (Å²) in [4.78, 5) is 2.45. The molecule has 0 aromatic carbocycles. The van der Waals surface area contributed by atoms with Crippen LogP contribution in [0.15, 0.2) is 0 Å². The van der Waals surface area contributed by atoms with Crippen molar-refractivity contribution in [2.24, 2.45) is 0 Å². The van der Waals surface area contributed by atoms with Crippen LogP contribution in [0, 0.1) is 0 Å². The van der Waals surface area contributed by atoms with Gasteiger partial charge in [0, 0.05) is 19.1 Å². The van der Waals surface area contributed by atoms with Gasteiger partial charge in [0.1, 0.15) is 0 Å². The van der Waals surface area contributed by atoms with Crippen molar-refractivity contribution in [1.29, 1.82) is 0 Å². The highest BCUT2D eigenvalue weighted by Gasteiger charge is 2.27. The summed E-state index contributed by atoms with van der Waals surface area (Å²) in [7, 11) is 0. The van der Waals surface area contributed by atoms with Crippen LogP contribution in [0.2, 0.25) is 0 Å². The van der Waals surface area contributed by atoms with Crippen molar-refractivity contribution in [1.82, 2.24) is 10.2 Å². The van der Waals surface area contributed by atoms with Gasteiger partial charge in [-0.3, -0.25) is 4.90 Å². The fraction of sp³-hybridized carbons (Fsp3) is 1.00. The molecule has 0 saturated carbocycles. The fourth-order valence-corrected chi connectivity index (χ4v) is 2.27. The van der Waals surface area contributed by atoms with Gasteiger partial charge in [-0.1, -0.05) is 0 Å². The third kappa shape index (κ3) is 2.81. The SMILES string of the molecule is Cl.O[C@H]1CCN(C2CCNCC2)C1. The maximum atomic E-state index is 9.37. The van der Waals surface area contributed by atoms with Gasteiger partial charge in [-0.05, 0) is 32.4 Å². The van der Waals surface area contributed by atoms with Crippen LogP contribution in [0.4, 0.5) is 0 Å². The molecule has 78 valence electrons. The molecule has 13 heavy (non-hydrogen) atoms. The Bertz CT molecular complexity index is 148. The number of hydrogen-bond donors (Lipinski definition) is 2. The lowest BCUT2D eigenvalue weighted by atomic mass is 10.1. The van der Waals surface area contributed by atoms with E-state index in [1.54, 1.807) is 0 Å². The van der Waals surface area contributed by atoms with Crippen LogP contribution in [0.5, 0.6) is 0 Å². The number of hydrogen-bond acceptors (Lipinski definition) is 3. The Balaban J connectivity index is 0.000000845. The highest BCUT2D eigenvalue weighted by atomic mass is 35.5. The van der Waals surface area contributed by atoms with Crippen LogP contribution in [-0.2, 0) is 0 Å². The van der Waals surface area contributed by atoms with Gasteiger partial charge >= 0.3 is 0 Å².